The lowest BCUT2D eigenvalue weighted by Gasteiger charge is -2.23. The molecule has 0 unspecified atom stereocenters. The first-order chi connectivity index (χ1) is 11.1. The normalized spacial score (nSPS) is 12.3. The minimum Gasteiger partial charge on any atom is -0.489 e. The third-order valence-electron chi connectivity index (χ3n) is 2.52. The van der Waals surface area contributed by atoms with Crippen molar-refractivity contribution in [3.05, 3.63) is 29.1 Å². The van der Waals surface area contributed by atoms with Crippen LogP contribution in [0.5, 0.6) is 5.75 Å². The Kier molecular flexibility index (Phi) is 8.07. The minimum absolute atomic E-state index is 0.196. The highest BCUT2D eigenvalue weighted by Crippen LogP contribution is 2.28. The molecule has 0 aliphatic rings. The van der Waals surface area contributed by atoms with Crippen LogP contribution in [-0.2, 0) is 13.9 Å². The molecule has 4 nitrogen and oxygen atoms in total. The van der Waals surface area contributed by atoms with Crippen molar-refractivity contribution < 1.29 is 40.6 Å². The van der Waals surface area contributed by atoms with E-state index < -0.39 is 51.1 Å². The molecule has 0 fully saturated rings. The molecule has 0 heterocycles. The van der Waals surface area contributed by atoms with Crippen molar-refractivity contribution in [1.82, 2.24) is 0 Å². The monoisotopic (exact) mass is 374 g/mol. The molecule has 1 aromatic carbocycles. The molecule has 0 saturated carbocycles. The summed E-state index contributed by atoms with van der Waals surface area (Å²) in [4.78, 5) is 0. The van der Waals surface area contributed by atoms with Gasteiger partial charge in [0.05, 0.1) is 18.4 Å². The summed E-state index contributed by atoms with van der Waals surface area (Å²) in [5.41, 5.74) is 0. The van der Waals surface area contributed by atoms with Gasteiger partial charge in [-0.2, -0.15) is 8.78 Å². The lowest BCUT2D eigenvalue weighted by Crippen LogP contribution is -2.30. The van der Waals surface area contributed by atoms with E-state index in [1.807, 2.05) is 0 Å². The van der Waals surface area contributed by atoms with Crippen LogP contribution in [0.3, 0.4) is 0 Å². The van der Waals surface area contributed by atoms with Crippen molar-refractivity contribution in [3.8, 4) is 5.75 Å². The first-order valence-electron chi connectivity index (χ1n) is 7.21. The lowest BCUT2D eigenvalue weighted by molar-refractivity contribution is -0.275. The zero-order chi connectivity index (χ0) is 18.4. The molecule has 138 valence electrons. The summed E-state index contributed by atoms with van der Waals surface area (Å²) in [6.07, 6.45) is -0.727. The van der Waals surface area contributed by atoms with Crippen LogP contribution in [0.25, 0.3) is 0 Å². The van der Waals surface area contributed by atoms with Gasteiger partial charge < -0.3 is 18.6 Å². The maximum absolute atomic E-state index is 13.4. The quantitative estimate of drug-likeness (QED) is 0.166. The summed E-state index contributed by atoms with van der Waals surface area (Å²) in [6, 6.07) is 0. The second-order valence-electron chi connectivity index (χ2n) is 5.28. The Balaban J connectivity index is 2.64. The molecule has 0 amide bonds. The van der Waals surface area contributed by atoms with Gasteiger partial charge in [-0.1, -0.05) is 0 Å². The predicted molar refractivity (Wildman–Crippen MR) is 77.6 cm³/mol. The topological polar surface area (TPSA) is 36.9 Å². The van der Waals surface area contributed by atoms with Crippen LogP contribution in [0.4, 0.5) is 22.0 Å². The van der Waals surface area contributed by atoms with Crippen LogP contribution in [0, 0.1) is 29.1 Å². The summed E-state index contributed by atoms with van der Waals surface area (Å²) < 4.78 is 86.4. The molecule has 0 radical (unpaired) electrons. The molecule has 10 heteroatoms. The van der Waals surface area contributed by atoms with E-state index in [1.165, 1.54) is 0 Å². The van der Waals surface area contributed by atoms with Crippen molar-refractivity contribution >= 4 is 9.76 Å². The highest BCUT2D eigenvalue weighted by Gasteiger charge is 2.27. The van der Waals surface area contributed by atoms with E-state index in [9.17, 15) is 22.0 Å². The van der Waals surface area contributed by atoms with E-state index in [-0.39, 0.29) is 18.4 Å². The number of benzene rings is 1. The summed E-state index contributed by atoms with van der Waals surface area (Å²) in [5.74, 6) is -11.7. The maximum atomic E-state index is 13.4. The van der Waals surface area contributed by atoms with Crippen LogP contribution < -0.4 is 4.74 Å². The lowest BCUT2D eigenvalue weighted by atomic mass is 10.3. The highest BCUT2D eigenvalue weighted by molar-refractivity contribution is 6.26. The second kappa shape index (κ2) is 9.30. The van der Waals surface area contributed by atoms with E-state index in [4.69, 9.17) is 13.9 Å². The third kappa shape index (κ3) is 5.69. The Hall–Kier alpha value is -1.23. The zero-order valence-electron chi connectivity index (χ0n) is 13.7. The van der Waals surface area contributed by atoms with Crippen molar-refractivity contribution in [1.29, 1.82) is 0 Å². The number of rotatable bonds is 9. The number of hydrogen-bond donors (Lipinski definition) is 0. The Morgan fingerprint density at radius 3 is 1.58 bits per heavy atom. The molecule has 0 atom stereocenters. The molecule has 0 spiro atoms. The van der Waals surface area contributed by atoms with Gasteiger partial charge in [-0.15, -0.1) is 0 Å². The number of ether oxygens (including phenoxy) is 3. The first kappa shape index (κ1) is 20.8. The van der Waals surface area contributed by atoms with Crippen LogP contribution in [0.2, 0.25) is 0 Å². The van der Waals surface area contributed by atoms with Crippen molar-refractivity contribution in [2.24, 2.45) is 0 Å². The molecule has 0 aromatic heterocycles. The van der Waals surface area contributed by atoms with Crippen LogP contribution in [0.15, 0.2) is 0 Å². The van der Waals surface area contributed by atoms with E-state index in [0.29, 0.717) is 0 Å². The molecule has 0 N–H and O–H groups in total. The fourth-order valence-electron chi connectivity index (χ4n) is 1.55. The largest absolute Gasteiger partial charge is 0.489 e. The first-order valence-corrected chi connectivity index (χ1v) is 8.79. The molecule has 0 saturated heterocycles. The van der Waals surface area contributed by atoms with Gasteiger partial charge in [-0.25, -0.2) is 13.2 Å². The summed E-state index contributed by atoms with van der Waals surface area (Å²) in [5, 5.41) is 0. The van der Waals surface area contributed by atoms with E-state index in [1.54, 1.807) is 27.7 Å². The van der Waals surface area contributed by atoms with Crippen LogP contribution in [0.1, 0.15) is 27.7 Å². The van der Waals surface area contributed by atoms with Crippen molar-refractivity contribution in [2.45, 2.75) is 46.4 Å². The Morgan fingerprint density at radius 1 is 0.750 bits per heavy atom. The predicted octanol–water partition coefficient (Wildman–Crippen LogP) is 2.95. The van der Waals surface area contributed by atoms with Gasteiger partial charge in [0.1, 0.15) is 0 Å². The average molecular weight is 374 g/mol. The SMILES string of the molecule is CC(C)OC(O[SiH2]COc1c(F)c(F)c(F)c(F)c1F)OC(C)C. The van der Waals surface area contributed by atoms with E-state index >= 15 is 0 Å². The minimum atomic E-state index is -2.23. The number of hydrogen-bond acceptors (Lipinski definition) is 4. The van der Waals surface area contributed by atoms with Gasteiger partial charge in [-0.05, 0) is 27.7 Å². The summed E-state index contributed by atoms with van der Waals surface area (Å²) >= 11 is 0. The Labute approximate surface area is 138 Å². The zero-order valence-corrected chi connectivity index (χ0v) is 15.1. The number of halogens is 5. The molecule has 0 aliphatic heterocycles. The van der Waals surface area contributed by atoms with Gasteiger partial charge in [0.2, 0.25) is 38.8 Å². The van der Waals surface area contributed by atoms with Gasteiger partial charge in [0, 0.05) is 0 Å². The average Bonchev–Trinajstić information content (AvgIpc) is 2.49. The summed E-state index contributed by atoms with van der Waals surface area (Å²) in [6.45, 7) is 6.04. The second-order valence-corrected chi connectivity index (χ2v) is 6.43. The molecule has 1 aromatic rings. The molecular weight excluding hydrogens is 355 g/mol. The highest BCUT2D eigenvalue weighted by atomic mass is 28.2. The third-order valence-corrected chi connectivity index (χ3v) is 3.40. The van der Waals surface area contributed by atoms with Crippen LogP contribution >= 0.6 is 0 Å². The Bertz CT molecular complexity index is 517. The molecular formula is C14H19F5O4Si. The van der Waals surface area contributed by atoms with Gasteiger partial charge in [0.25, 0.3) is 6.48 Å². The van der Waals surface area contributed by atoms with Gasteiger partial charge in [-0.3, -0.25) is 0 Å². The summed E-state index contributed by atoms with van der Waals surface area (Å²) in [7, 11) is -1.58. The molecule has 0 aliphatic carbocycles. The van der Waals surface area contributed by atoms with Gasteiger partial charge >= 0.3 is 0 Å². The fourth-order valence-corrected chi connectivity index (χ4v) is 2.29. The van der Waals surface area contributed by atoms with Crippen molar-refractivity contribution in [3.63, 3.8) is 0 Å². The van der Waals surface area contributed by atoms with Gasteiger partial charge in [0.15, 0.2) is 5.75 Å². The molecule has 24 heavy (non-hydrogen) atoms. The van der Waals surface area contributed by atoms with Crippen molar-refractivity contribution in [2.75, 3.05) is 6.23 Å². The van der Waals surface area contributed by atoms with E-state index in [2.05, 4.69) is 4.74 Å². The maximum Gasteiger partial charge on any atom is 0.262 e. The van der Waals surface area contributed by atoms with Crippen LogP contribution in [-0.4, -0.2) is 34.7 Å². The molecule has 1 rings (SSSR count). The Morgan fingerprint density at radius 2 is 1.17 bits per heavy atom. The standard InChI is InChI=1S/C14H19F5O4Si/c1-6(2)21-14(22-7(3)4)23-24-5-20-13-11(18)9(16)8(15)10(17)12(13)19/h6-7,14H,5,24H2,1-4H3. The molecule has 0 bridgehead atoms. The smallest absolute Gasteiger partial charge is 0.262 e. The van der Waals surface area contributed by atoms with E-state index in [0.717, 1.165) is 0 Å². The fraction of sp³-hybridized carbons (Fsp3) is 0.571.